The molecule has 4 N–H and O–H groups in total. The van der Waals surface area contributed by atoms with Crippen LogP contribution in [0.15, 0.2) is 0 Å². The van der Waals surface area contributed by atoms with Gasteiger partial charge in [-0.2, -0.15) is 0 Å². The highest BCUT2D eigenvalue weighted by Crippen LogP contribution is 2.18. The number of amides is 3. The minimum atomic E-state index is -0.548. The van der Waals surface area contributed by atoms with E-state index in [0.29, 0.717) is 19.7 Å². The lowest BCUT2D eigenvalue weighted by molar-refractivity contribution is -0.148. The molecule has 2 fully saturated rings. The number of primary amides is 1. The molecule has 2 heterocycles. The van der Waals surface area contributed by atoms with Gasteiger partial charge in [0.2, 0.25) is 0 Å². The number of piperidine rings is 1. The lowest BCUT2D eigenvalue weighted by atomic mass is 10.0. The zero-order valence-corrected chi connectivity index (χ0v) is 11.1. The maximum atomic E-state index is 12.4. The van der Waals surface area contributed by atoms with Crippen LogP contribution in [0.2, 0.25) is 0 Å². The molecule has 0 aromatic rings. The minimum absolute atomic E-state index is 0.0168. The summed E-state index contributed by atoms with van der Waals surface area (Å²) in [6, 6.07) is -0.521. The number of morpholine rings is 1. The SMILES string of the molecule is NC(=O)NCC1CCCCN1C(=O)C1CNCCO1. The fourth-order valence-corrected chi connectivity index (χ4v) is 2.63. The first-order valence-electron chi connectivity index (χ1n) is 6.84. The van der Waals surface area contributed by atoms with Gasteiger partial charge in [-0.05, 0) is 19.3 Å². The quantitative estimate of drug-likeness (QED) is 0.614. The van der Waals surface area contributed by atoms with Gasteiger partial charge in [0.05, 0.1) is 6.61 Å². The topological polar surface area (TPSA) is 96.7 Å². The predicted octanol–water partition coefficient (Wildman–Crippen LogP) is -0.976. The fourth-order valence-electron chi connectivity index (χ4n) is 2.63. The van der Waals surface area contributed by atoms with Crippen molar-refractivity contribution in [1.82, 2.24) is 15.5 Å². The van der Waals surface area contributed by atoms with Crippen molar-refractivity contribution in [3.63, 3.8) is 0 Å². The van der Waals surface area contributed by atoms with Gasteiger partial charge in [0.1, 0.15) is 6.10 Å². The van der Waals surface area contributed by atoms with E-state index in [0.717, 1.165) is 32.4 Å². The standard InChI is InChI=1S/C12H22N4O3/c13-12(18)15-7-9-3-1-2-5-16(9)11(17)10-8-14-4-6-19-10/h9-10,14H,1-8H2,(H3,13,15,18). The molecule has 2 aliphatic rings. The highest BCUT2D eigenvalue weighted by Gasteiger charge is 2.32. The van der Waals surface area contributed by atoms with Crippen LogP contribution in [0.3, 0.4) is 0 Å². The second-order valence-electron chi connectivity index (χ2n) is 4.99. The molecule has 0 spiro atoms. The molecule has 0 aromatic heterocycles. The van der Waals surface area contributed by atoms with Crippen molar-refractivity contribution >= 4 is 11.9 Å². The molecule has 2 unspecified atom stereocenters. The third-order valence-corrected chi connectivity index (χ3v) is 3.63. The Kier molecular flexibility index (Phi) is 4.98. The first kappa shape index (κ1) is 14.1. The molecule has 2 saturated heterocycles. The Balaban J connectivity index is 1.93. The third kappa shape index (κ3) is 3.81. The fraction of sp³-hybridized carbons (Fsp3) is 0.833. The lowest BCUT2D eigenvalue weighted by Crippen LogP contribution is -2.56. The zero-order chi connectivity index (χ0) is 13.7. The third-order valence-electron chi connectivity index (χ3n) is 3.63. The second-order valence-corrected chi connectivity index (χ2v) is 4.99. The van der Waals surface area contributed by atoms with Gasteiger partial charge in [0.25, 0.3) is 5.91 Å². The van der Waals surface area contributed by atoms with Crippen LogP contribution < -0.4 is 16.4 Å². The molecule has 2 atom stereocenters. The largest absolute Gasteiger partial charge is 0.366 e. The summed E-state index contributed by atoms with van der Waals surface area (Å²) in [5, 5.41) is 5.75. The summed E-state index contributed by atoms with van der Waals surface area (Å²) >= 11 is 0. The molecule has 19 heavy (non-hydrogen) atoms. The zero-order valence-electron chi connectivity index (χ0n) is 11.1. The van der Waals surface area contributed by atoms with Gasteiger partial charge in [-0.25, -0.2) is 4.79 Å². The molecule has 3 amide bonds. The minimum Gasteiger partial charge on any atom is -0.366 e. The maximum absolute atomic E-state index is 12.4. The van der Waals surface area contributed by atoms with Gasteiger partial charge in [-0.3, -0.25) is 4.79 Å². The summed E-state index contributed by atoms with van der Waals surface area (Å²) in [5.74, 6) is 0.0168. The Hall–Kier alpha value is -1.34. The van der Waals surface area contributed by atoms with E-state index in [4.69, 9.17) is 10.5 Å². The molecular formula is C12H22N4O3. The first-order chi connectivity index (χ1) is 9.18. The van der Waals surface area contributed by atoms with E-state index >= 15 is 0 Å². The van der Waals surface area contributed by atoms with Crippen LogP contribution in [-0.4, -0.2) is 61.8 Å². The van der Waals surface area contributed by atoms with Crippen LogP contribution in [0, 0.1) is 0 Å². The highest BCUT2D eigenvalue weighted by molar-refractivity contribution is 5.82. The second kappa shape index (κ2) is 6.72. The van der Waals surface area contributed by atoms with Crippen molar-refractivity contribution in [2.45, 2.75) is 31.4 Å². The van der Waals surface area contributed by atoms with Crippen LogP contribution in [0.25, 0.3) is 0 Å². The molecule has 0 aliphatic carbocycles. The molecule has 2 rings (SSSR count). The van der Waals surface area contributed by atoms with E-state index in [1.807, 2.05) is 4.90 Å². The number of urea groups is 1. The molecule has 7 heteroatoms. The molecular weight excluding hydrogens is 248 g/mol. The van der Waals surface area contributed by atoms with Gasteiger partial charge in [0.15, 0.2) is 0 Å². The highest BCUT2D eigenvalue weighted by atomic mass is 16.5. The number of hydrogen-bond donors (Lipinski definition) is 3. The number of hydrogen-bond acceptors (Lipinski definition) is 4. The number of likely N-dealkylation sites (tertiary alicyclic amines) is 1. The van der Waals surface area contributed by atoms with Gasteiger partial charge >= 0.3 is 6.03 Å². The van der Waals surface area contributed by atoms with Gasteiger partial charge < -0.3 is 26.0 Å². The Morgan fingerprint density at radius 1 is 1.42 bits per heavy atom. The summed E-state index contributed by atoms with van der Waals surface area (Å²) in [5.41, 5.74) is 5.09. The van der Waals surface area contributed by atoms with Gasteiger partial charge in [-0.1, -0.05) is 0 Å². The predicted molar refractivity (Wildman–Crippen MR) is 69.5 cm³/mol. The number of carbonyl (C=O) groups is 2. The molecule has 0 aromatic carbocycles. The van der Waals surface area contributed by atoms with E-state index in [1.54, 1.807) is 0 Å². The van der Waals surface area contributed by atoms with Gasteiger partial charge in [0, 0.05) is 32.2 Å². The summed E-state index contributed by atoms with van der Waals surface area (Å²) in [6.07, 6.45) is 2.56. The van der Waals surface area contributed by atoms with Crippen LogP contribution in [0.1, 0.15) is 19.3 Å². The molecule has 0 bridgehead atoms. The Labute approximate surface area is 112 Å². The Morgan fingerprint density at radius 2 is 2.26 bits per heavy atom. The number of nitrogens with one attached hydrogen (secondary N) is 2. The van der Waals surface area contributed by atoms with Crippen molar-refractivity contribution in [2.75, 3.05) is 32.8 Å². The van der Waals surface area contributed by atoms with Crippen molar-refractivity contribution < 1.29 is 14.3 Å². The van der Waals surface area contributed by atoms with E-state index in [-0.39, 0.29) is 11.9 Å². The summed E-state index contributed by atoms with van der Waals surface area (Å²) < 4.78 is 5.50. The average Bonchev–Trinajstić information content (AvgIpc) is 2.45. The first-order valence-corrected chi connectivity index (χ1v) is 6.84. The van der Waals surface area contributed by atoms with Gasteiger partial charge in [-0.15, -0.1) is 0 Å². The van der Waals surface area contributed by atoms with E-state index in [2.05, 4.69) is 10.6 Å². The van der Waals surface area contributed by atoms with Crippen LogP contribution in [-0.2, 0) is 9.53 Å². The normalized spacial score (nSPS) is 27.9. The summed E-state index contributed by atoms with van der Waals surface area (Å²) in [4.78, 5) is 25.0. The maximum Gasteiger partial charge on any atom is 0.312 e. The molecule has 2 aliphatic heterocycles. The van der Waals surface area contributed by atoms with Crippen molar-refractivity contribution in [1.29, 1.82) is 0 Å². The average molecular weight is 270 g/mol. The van der Waals surface area contributed by atoms with Crippen LogP contribution >= 0.6 is 0 Å². The van der Waals surface area contributed by atoms with E-state index in [1.165, 1.54) is 0 Å². The smallest absolute Gasteiger partial charge is 0.312 e. The Bertz CT molecular complexity index is 331. The van der Waals surface area contributed by atoms with Crippen molar-refractivity contribution in [3.05, 3.63) is 0 Å². The number of rotatable bonds is 3. The number of ether oxygens (including phenoxy) is 1. The van der Waals surface area contributed by atoms with Crippen LogP contribution in [0.5, 0.6) is 0 Å². The molecule has 108 valence electrons. The Morgan fingerprint density at radius 3 is 2.95 bits per heavy atom. The number of nitrogens with zero attached hydrogens (tertiary/aromatic N) is 1. The van der Waals surface area contributed by atoms with E-state index < -0.39 is 12.1 Å². The number of carbonyl (C=O) groups excluding carboxylic acids is 2. The summed E-state index contributed by atoms with van der Waals surface area (Å²) in [6.45, 7) is 3.06. The molecule has 0 saturated carbocycles. The molecule has 0 radical (unpaired) electrons. The monoisotopic (exact) mass is 270 g/mol. The lowest BCUT2D eigenvalue weighted by Gasteiger charge is -2.38. The van der Waals surface area contributed by atoms with Crippen LogP contribution in [0.4, 0.5) is 4.79 Å². The summed E-state index contributed by atoms with van der Waals surface area (Å²) in [7, 11) is 0. The number of nitrogens with two attached hydrogens (primary N) is 1. The van der Waals surface area contributed by atoms with Crippen molar-refractivity contribution in [3.8, 4) is 0 Å². The molecule has 7 nitrogen and oxygen atoms in total. The van der Waals surface area contributed by atoms with E-state index in [9.17, 15) is 9.59 Å². The van der Waals surface area contributed by atoms with Crippen molar-refractivity contribution in [2.24, 2.45) is 5.73 Å².